The molecule has 0 rings (SSSR count). The van der Waals surface area contributed by atoms with Crippen molar-refractivity contribution >= 4 is 17.9 Å². The first kappa shape index (κ1) is 59.0. The molecule has 0 bridgehead atoms. The first-order valence-electron chi connectivity index (χ1n) is 25.3. The number of hydrogen-bond acceptors (Lipinski definition) is 6. The van der Waals surface area contributed by atoms with Gasteiger partial charge in [0.25, 0.3) is 0 Å². The maximum absolute atomic E-state index is 12.8. The fourth-order valence-corrected chi connectivity index (χ4v) is 7.25. The number of ether oxygens (including phenoxy) is 3. The maximum atomic E-state index is 12.8. The van der Waals surface area contributed by atoms with E-state index < -0.39 is 18.1 Å². The van der Waals surface area contributed by atoms with Gasteiger partial charge in [-0.2, -0.15) is 0 Å². The number of carbonyl (C=O) groups is 3. The van der Waals surface area contributed by atoms with Crippen LogP contribution in [0.1, 0.15) is 213 Å². The molecule has 0 saturated carbocycles. The van der Waals surface area contributed by atoms with Crippen molar-refractivity contribution < 1.29 is 38.2 Å². The highest BCUT2D eigenvalue weighted by molar-refractivity contribution is 5.72. The van der Waals surface area contributed by atoms with Crippen LogP contribution in [0, 0.1) is 0 Å². The Kier molecular flexibility index (Phi) is 42.5. The molecule has 0 aliphatic heterocycles. The minimum atomic E-state index is -0.880. The van der Waals surface area contributed by atoms with E-state index in [2.05, 4.69) is 74.6 Å². The van der Waals surface area contributed by atoms with Crippen LogP contribution in [-0.2, 0) is 28.6 Å². The third-order valence-electron chi connectivity index (χ3n) is 11.2. The molecule has 0 spiro atoms. The van der Waals surface area contributed by atoms with Crippen LogP contribution in [0.3, 0.4) is 0 Å². The summed E-state index contributed by atoms with van der Waals surface area (Å²) in [5, 5.41) is 9.65. The first-order valence-corrected chi connectivity index (χ1v) is 25.3. The molecule has 0 aromatic heterocycles. The summed E-state index contributed by atoms with van der Waals surface area (Å²) in [5.41, 5.74) is 0. The normalized spacial score (nSPS) is 13.4. The number of unbranched alkanes of at least 4 members (excludes halogenated alkanes) is 21. The van der Waals surface area contributed by atoms with Crippen molar-refractivity contribution in [2.24, 2.45) is 0 Å². The molecule has 0 aromatic carbocycles. The Hall–Kier alpha value is -2.97. The van der Waals surface area contributed by atoms with Crippen molar-refractivity contribution in [3.8, 4) is 0 Å². The molecule has 0 heterocycles. The molecule has 0 aromatic rings. The minimum Gasteiger partial charge on any atom is -0.477 e. The van der Waals surface area contributed by atoms with Gasteiger partial charge in [-0.1, -0.05) is 177 Å². The average molecular weight is 871 g/mol. The number of aliphatic carboxylic acids is 1. The second-order valence-corrected chi connectivity index (χ2v) is 18.0. The Bertz CT molecular complexity index is 1200. The third kappa shape index (κ3) is 42.3. The number of carbonyl (C=O) groups excluding carboxylic acids is 2. The van der Waals surface area contributed by atoms with Crippen molar-refractivity contribution in [2.45, 2.75) is 225 Å². The van der Waals surface area contributed by atoms with E-state index in [1.54, 1.807) is 0 Å². The fourth-order valence-electron chi connectivity index (χ4n) is 7.25. The van der Waals surface area contributed by atoms with Crippen molar-refractivity contribution in [3.63, 3.8) is 0 Å². The lowest BCUT2D eigenvalue weighted by Gasteiger charge is -2.31. The smallest absolute Gasteiger partial charge is 0.362 e. The second-order valence-electron chi connectivity index (χ2n) is 18.0. The number of nitrogens with zero attached hydrogens (tertiary/aromatic N) is 1. The standard InChI is InChI=1S/C54H95NO7/c1-6-8-10-12-14-16-18-20-22-24-25-26-27-29-30-32-34-36-38-40-42-44-52(56)61-49-50(48-60-47-46-51(54(58)59)55(3,4)5)62-53(57)45-43-41-39-37-35-33-31-28-23-21-19-17-15-13-11-9-7-2/h9,11,15,17,21,23-25,31,33,50-51H,6-8,10,12-14,16,18-20,22,26-30,32,34-49H2,1-5H3/p+1/b11-9-,17-15-,23-21-,25-24-,33-31-. The van der Waals surface area contributed by atoms with Crippen LogP contribution in [0.5, 0.6) is 0 Å². The van der Waals surface area contributed by atoms with E-state index in [0.717, 1.165) is 77.0 Å². The highest BCUT2D eigenvalue weighted by Gasteiger charge is 2.31. The number of rotatable bonds is 45. The SMILES string of the molecule is CC/C=C\C/C=C\C/C=C\C/C=C\CCCCCCC(=O)OC(COCCC(C(=O)O)[N+](C)(C)C)COC(=O)CCCCCCCCCCC/C=C\CCCCCCCCCC. The molecule has 358 valence electrons. The summed E-state index contributed by atoms with van der Waals surface area (Å²) in [6.07, 6.45) is 55.6. The highest BCUT2D eigenvalue weighted by atomic mass is 16.6. The van der Waals surface area contributed by atoms with Crippen molar-refractivity contribution in [3.05, 3.63) is 60.8 Å². The van der Waals surface area contributed by atoms with Gasteiger partial charge in [-0.3, -0.25) is 9.59 Å². The fraction of sp³-hybridized carbons (Fsp3) is 0.759. The molecule has 0 amide bonds. The van der Waals surface area contributed by atoms with Gasteiger partial charge in [-0.15, -0.1) is 0 Å². The number of allylic oxidation sites excluding steroid dienone is 10. The lowest BCUT2D eigenvalue weighted by molar-refractivity contribution is -0.887. The van der Waals surface area contributed by atoms with E-state index in [1.807, 2.05) is 21.1 Å². The van der Waals surface area contributed by atoms with Crippen molar-refractivity contribution in [1.82, 2.24) is 0 Å². The van der Waals surface area contributed by atoms with E-state index in [-0.39, 0.29) is 36.2 Å². The van der Waals surface area contributed by atoms with Gasteiger partial charge in [0.2, 0.25) is 0 Å². The molecular formula is C54H96NO7+. The number of carboxylic acids is 1. The Morgan fingerprint density at radius 2 is 0.903 bits per heavy atom. The zero-order valence-corrected chi connectivity index (χ0v) is 40.8. The van der Waals surface area contributed by atoms with Crippen LogP contribution in [0.25, 0.3) is 0 Å². The Morgan fingerprint density at radius 1 is 0.500 bits per heavy atom. The summed E-state index contributed by atoms with van der Waals surface area (Å²) < 4.78 is 17.3. The van der Waals surface area contributed by atoms with Crippen LogP contribution in [0.15, 0.2) is 60.8 Å². The zero-order chi connectivity index (χ0) is 45.6. The molecule has 62 heavy (non-hydrogen) atoms. The van der Waals surface area contributed by atoms with E-state index in [0.29, 0.717) is 19.3 Å². The van der Waals surface area contributed by atoms with Crippen LogP contribution in [0.2, 0.25) is 0 Å². The lowest BCUT2D eigenvalue weighted by Crippen LogP contribution is -2.50. The largest absolute Gasteiger partial charge is 0.477 e. The van der Waals surface area contributed by atoms with Gasteiger partial charge in [0, 0.05) is 19.3 Å². The van der Waals surface area contributed by atoms with Crippen LogP contribution in [0.4, 0.5) is 0 Å². The number of likely N-dealkylation sites (N-methyl/N-ethyl adjacent to an activating group) is 1. The predicted octanol–water partition coefficient (Wildman–Crippen LogP) is 14.5. The minimum absolute atomic E-state index is 0.0490. The quantitative estimate of drug-likeness (QED) is 0.0282. The van der Waals surface area contributed by atoms with Gasteiger partial charge < -0.3 is 23.8 Å². The van der Waals surface area contributed by atoms with Crippen LogP contribution in [-0.4, -0.2) is 80.6 Å². The van der Waals surface area contributed by atoms with Gasteiger partial charge in [-0.05, 0) is 77.0 Å². The molecule has 0 radical (unpaired) electrons. The number of hydrogen-bond donors (Lipinski definition) is 1. The summed E-state index contributed by atoms with van der Waals surface area (Å²) >= 11 is 0. The average Bonchev–Trinajstić information content (AvgIpc) is 3.23. The molecule has 0 fully saturated rings. The van der Waals surface area contributed by atoms with E-state index in [9.17, 15) is 19.5 Å². The maximum Gasteiger partial charge on any atom is 0.362 e. The molecule has 0 aliphatic rings. The van der Waals surface area contributed by atoms with Crippen LogP contribution < -0.4 is 0 Å². The summed E-state index contributed by atoms with van der Waals surface area (Å²) in [4.78, 5) is 37.1. The van der Waals surface area contributed by atoms with Crippen molar-refractivity contribution in [1.29, 1.82) is 0 Å². The number of esters is 2. The third-order valence-corrected chi connectivity index (χ3v) is 11.2. The van der Waals surface area contributed by atoms with E-state index in [1.165, 1.54) is 103 Å². The molecule has 8 heteroatoms. The lowest BCUT2D eigenvalue weighted by atomic mass is 10.1. The first-order chi connectivity index (χ1) is 30.1. The summed E-state index contributed by atoms with van der Waals surface area (Å²) in [6, 6.07) is -0.622. The topological polar surface area (TPSA) is 99.1 Å². The molecule has 0 aliphatic carbocycles. The molecule has 0 saturated heterocycles. The summed E-state index contributed by atoms with van der Waals surface area (Å²) in [6.45, 7) is 4.61. The zero-order valence-electron chi connectivity index (χ0n) is 40.8. The molecular weight excluding hydrogens is 775 g/mol. The van der Waals surface area contributed by atoms with Crippen molar-refractivity contribution in [2.75, 3.05) is 41.0 Å². The number of quaternary nitrogens is 1. The van der Waals surface area contributed by atoms with Gasteiger partial charge in [0.05, 0.1) is 34.4 Å². The van der Waals surface area contributed by atoms with E-state index in [4.69, 9.17) is 14.2 Å². The highest BCUT2D eigenvalue weighted by Crippen LogP contribution is 2.15. The Labute approximate surface area is 381 Å². The van der Waals surface area contributed by atoms with E-state index >= 15 is 0 Å². The molecule has 2 atom stereocenters. The Morgan fingerprint density at radius 3 is 1.35 bits per heavy atom. The second kappa shape index (κ2) is 44.6. The molecule has 8 nitrogen and oxygen atoms in total. The molecule has 1 N–H and O–H groups in total. The number of carboxylic acid groups (broad SMARTS) is 1. The molecule has 2 unspecified atom stereocenters. The summed E-state index contributed by atoms with van der Waals surface area (Å²) in [7, 11) is 5.52. The van der Waals surface area contributed by atoms with Gasteiger partial charge in [-0.25, -0.2) is 4.79 Å². The monoisotopic (exact) mass is 871 g/mol. The van der Waals surface area contributed by atoms with Gasteiger partial charge >= 0.3 is 17.9 Å². The predicted molar refractivity (Wildman–Crippen MR) is 261 cm³/mol. The Balaban J connectivity index is 4.28. The summed E-state index contributed by atoms with van der Waals surface area (Å²) in [5.74, 6) is -1.50. The van der Waals surface area contributed by atoms with Crippen LogP contribution >= 0.6 is 0 Å². The van der Waals surface area contributed by atoms with Gasteiger partial charge in [0.15, 0.2) is 12.1 Å². The van der Waals surface area contributed by atoms with Gasteiger partial charge in [0.1, 0.15) is 6.61 Å².